The van der Waals surface area contributed by atoms with E-state index in [-0.39, 0.29) is 87.2 Å². The van der Waals surface area contributed by atoms with E-state index in [1.54, 1.807) is 57.7 Å². The van der Waals surface area contributed by atoms with Gasteiger partial charge in [-0.1, -0.05) is 158 Å². The molecule has 0 radical (unpaired) electrons. The number of halogens is 26. The minimum absolute atomic E-state index is 0.0442. The Bertz CT molecular complexity index is 8810. The molecular weight excluding hydrogens is 1990 g/mol. The molecule has 150 heavy (non-hydrogen) atoms. The number of benzene rings is 20. The van der Waals surface area contributed by atoms with Crippen molar-refractivity contribution in [2.75, 3.05) is 0 Å². The highest BCUT2D eigenvalue weighted by Crippen LogP contribution is 2.54. The second-order valence-electron chi connectivity index (χ2n) is 36.5. The first-order chi connectivity index (χ1) is 71.2. The van der Waals surface area contributed by atoms with Gasteiger partial charge in [0.25, 0.3) is 0 Å². The van der Waals surface area contributed by atoms with Crippen LogP contribution < -0.4 is 0 Å². The predicted octanol–water partition coefficient (Wildman–Crippen LogP) is 38.8. The van der Waals surface area contributed by atoms with Crippen molar-refractivity contribution in [1.82, 2.24) is 18.3 Å². The number of aromatic nitrogens is 4. The third-order valence-electron chi connectivity index (χ3n) is 27.7. The summed E-state index contributed by atoms with van der Waals surface area (Å²) < 4.78 is 376. The van der Waals surface area contributed by atoms with Crippen LogP contribution in [0.15, 0.2) is 376 Å². The van der Waals surface area contributed by atoms with E-state index < -0.39 is 106 Å². The molecule has 0 saturated carbocycles. The van der Waals surface area contributed by atoms with Crippen molar-refractivity contribution in [3.05, 3.63) is 432 Å². The van der Waals surface area contributed by atoms with Crippen molar-refractivity contribution < 1.29 is 114 Å². The van der Waals surface area contributed by atoms with Gasteiger partial charge in [-0.2, -0.15) is 105 Å². The average molecular weight is 2050 g/mol. The minimum atomic E-state index is -4.83. The zero-order chi connectivity index (χ0) is 105. The first-order valence-electron chi connectivity index (χ1n) is 46.1. The van der Waals surface area contributed by atoms with Gasteiger partial charge in [-0.3, -0.25) is 0 Å². The van der Waals surface area contributed by atoms with E-state index in [4.69, 9.17) is 0 Å². The van der Waals surface area contributed by atoms with E-state index in [1.165, 1.54) is 106 Å². The molecule has 4 heterocycles. The first-order valence-corrected chi connectivity index (χ1v) is 46.1. The SMILES string of the molecule is FC(F)(F)c1ccc2c(c1)c1cc(C(F)(F)F)ccc1n2-c1ccc2c(-c3ccc(-c4ccccc4)cc3)c3cc(-n4c5ccc(C(F)(F)F)cc5c5cc(C(F)(F)F)ccc54)ccc3c(-c3ccc(-c4ccccc4)cc3)c2c1.Fc1ccc(-c2c3ccc(-n4c5ccc(C(F)(F)F)cc5c5cc(C(F)(F)F)ccc54)cc3c(-c3ccc(F)cc3)c3ccc(-n4c5ccc(C(F)(F)F)cc5c5cc(C(F)(F)F)ccc54)cc23)cc1. The lowest BCUT2D eigenvalue weighted by Crippen LogP contribution is -2.04. The molecule has 0 spiro atoms. The third-order valence-corrected chi connectivity index (χ3v) is 27.7. The molecule has 30 heteroatoms. The summed E-state index contributed by atoms with van der Waals surface area (Å²) in [5.41, 5.74) is 2.77. The molecule has 24 rings (SSSR count). The molecule has 4 nitrogen and oxygen atoms in total. The zero-order valence-corrected chi connectivity index (χ0v) is 76.4. The molecule has 0 aliphatic heterocycles. The molecule has 20 aromatic carbocycles. The molecule has 0 atom stereocenters. The van der Waals surface area contributed by atoms with Crippen LogP contribution in [0.2, 0.25) is 0 Å². The van der Waals surface area contributed by atoms with Crippen molar-refractivity contribution in [3.8, 4) is 89.5 Å². The number of fused-ring (bicyclic) bond motifs is 16. The molecule has 0 N–H and O–H groups in total. The predicted molar refractivity (Wildman–Crippen MR) is 533 cm³/mol. The molecule has 0 unspecified atom stereocenters. The van der Waals surface area contributed by atoms with Crippen LogP contribution in [0.4, 0.5) is 114 Å². The van der Waals surface area contributed by atoms with E-state index >= 15 is 0 Å². The van der Waals surface area contributed by atoms with E-state index in [1.807, 2.05) is 133 Å². The summed E-state index contributed by atoms with van der Waals surface area (Å²) in [4.78, 5) is 0. The highest BCUT2D eigenvalue weighted by molar-refractivity contribution is 6.25. The molecule has 0 aliphatic rings. The van der Waals surface area contributed by atoms with Crippen molar-refractivity contribution in [1.29, 1.82) is 0 Å². The van der Waals surface area contributed by atoms with E-state index in [2.05, 4.69) is 0 Å². The van der Waals surface area contributed by atoms with Crippen LogP contribution in [-0.4, -0.2) is 18.3 Å². The Hall–Kier alpha value is -17.2. The summed E-state index contributed by atoms with van der Waals surface area (Å²) in [5, 5.41) is 3.86. The molecule has 0 aliphatic carbocycles. The Morgan fingerprint density at radius 3 is 0.447 bits per heavy atom. The van der Waals surface area contributed by atoms with Crippen LogP contribution in [0.1, 0.15) is 44.5 Å². The topological polar surface area (TPSA) is 19.7 Å². The lowest BCUT2D eigenvalue weighted by Gasteiger charge is -2.21. The van der Waals surface area contributed by atoms with Crippen molar-refractivity contribution in [3.63, 3.8) is 0 Å². The van der Waals surface area contributed by atoms with E-state index in [0.717, 1.165) is 130 Å². The van der Waals surface area contributed by atoms with Crippen molar-refractivity contribution in [2.24, 2.45) is 0 Å². The second kappa shape index (κ2) is 34.7. The molecule has 0 fully saturated rings. The fourth-order valence-corrected chi connectivity index (χ4v) is 21.0. The fraction of sp³-hybridized carbons (Fsp3) is 0.0667. The monoisotopic (exact) mass is 2050 g/mol. The van der Waals surface area contributed by atoms with Gasteiger partial charge in [0.2, 0.25) is 0 Å². The molecule has 4 aromatic heterocycles. The lowest BCUT2D eigenvalue weighted by atomic mass is 9.85. The standard InChI is InChI=1S/C66H36F12N2.C54H26F14N2/c67-63(68,69)43-19-27-57-51(31-43)52-32-44(64(70,71)72)20-28-58(52)79(57)47-24-26-50-55(35-47)61(41-15-11-39(12-16-41)37-7-3-1-4-8-37)49-25-23-48(36-56(49)62(50)42-17-13-40(14-18-42)38-9-5-2-6-10-38)80-59-29-21-45(65(73,74)75)33-53(59)54-34-46(66(76,77)78)22-30-60(54)80;55-33-9-1-27(2-10-33)49-37-15-13-36(70-47-19-7-31(53(63,64)65)23-41(47)42-24-32(54(66,67)68)8-20-48(42)70)26-44(37)50(28-3-11-34(56)12-4-28)38-16-14-35(25-43(38)49)69-45-17-5-29(51(57,58)59)21-39(45)40-22-30(52(60,61)62)6-18-46(40)69/h1-36H;1-26H. The fourth-order valence-electron chi connectivity index (χ4n) is 21.0. The summed E-state index contributed by atoms with van der Waals surface area (Å²) in [6, 6.07) is 89.9. The number of nitrogens with zero attached hydrogens (tertiary/aromatic N) is 4. The van der Waals surface area contributed by atoms with E-state index in [0.29, 0.717) is 99.2 Å². The lowest BCUT2D eigenvalue weighted by molar-refractivity contribution is -0.138. The molecule has 24 aromatic rings. The maximum absolute atomic E-state index is 14.6. The smallest absolute Gasteiger partial charge is 0.309 e. The second-order valence-corrected chi connectivity index (χ2v) is 36.5. The van der Waals surface area contributed by atoms with Gasteiger partial charge in [0.15, 0.2) is 0 Å². The van der Waals surface area contributed by atoms with Crippen LogP contribution in [0, 0.1) is 11.6 Å². The normalized spacial score (nSPS) is 12.9. The molecular formula is C120H62F26N4. The van der Waals surface area contributed by atoms with Gasteiger partial charge in [0.05, 0.1) is 88.6 Å². The summed E-state index contributed by atoms with van der Waals surface area (Å²) in [5.74, 6) is -1.17. The Morgan fingerprint density at radius 1 is 0.127 bits per heavy atom. The van der Waals surface area contributed by atoms with Crippen LogP contribution >= 0.6 is 0 Å². The first kappa shape index (κ1) is 96.3. The Kier molecular flexibility index (Phi) is 22.3. The van der Waals surface area contributed by atoms with Gasteiger partial charge < -0.3 is 18.3 Å². The van der Waals surface area contributed by atoms with Gasteiger partial charge in [0.1, 0.15) is 11.6 Å². The molecule has 744 valence electrons. The summed E-state index contributed by atoms with van der Waals surface area (Å²) >= 11 is 0. The summed E-state index contributed by atoms with van der Waals surface area (Å²) in [6.07, 6.45) is -38.5. The van der Waals surface area contributed by atoms with E-state index in [9.17, 15) is 114 Å². The zero-order valence-electron chi connectivity index (χ0n) is 76.4. The van der Waals surface area contributed by atoms with Gasteiger partial charge in [-0.25, -0.2) is 8.78 Å². The van der Waals surface area contributed by atoms with Crippen LogP contribution in [0.25, 0.3) is 220 Å². The minimum Gasteiger partial charge on any atom is -0.309 e. The average Bonchev–Trinajstić information content (AvgIpc) is 1.24. The summed E-state index contributed by atoms with van der Waals surface area (Å²) in [6.45, 7) is 0. The Labute approximate surface area is 829 Å². The van der Waals surface area contributed by atoms with Crippen LogP contribution in [0.3, 0.4) is 0 Å². The number of hydrogen-bond donors (Lipinski definition) is 0. The number of hydrogen-bond acceptors (Lipinski definition) is 0. The molecule has 0 bridgehead atoms. The van der Waals surface area contributed by atoms with Crippen molar-refractivity contribution >= 4 is 130 Å². The number of alkyl halides is 24. The maximum atomic E-state index is 14.6. The number of rotatable bonds is 10. The largest absolute Gasteiger partial charge is 0.416 e. The van der Waals surface area contributed by atoms with Crippen LogP contribution in [0.5, 0.6) is 0 Å². The molecule has 0 amide bonds. The highest BCUT2D eigenvalue weighted by Gasteiger charge is 2.41. The Balaban J connectivity index is 0.000000166. The van der Waals surface area contributed by atoms with Gasteiger partial charge >= 0.3 is 49.4 Å². The van der Waals surface area contributed by atoms with Gasteiger partial charge in [-0.05, 0) is 328 Å². The Morgan fingerprint density at radius 2 is 0.280 bits per heavy atom. The maximum Gasteiger partial charge on any atom is 0.416 e. The highest BCUT2D eigenvalue weighted by atomic mass is 19.4. The summed E-state index contributed by atoms with van der Waals surface area (Å²) in [7, 11) is 0. The van der Waals surface area contributed by atoms with Gasteiger partial charge in [0, 0.05) is 65.8 Å². The van der Waals surface area contributed by atoms with Gasteiger partial charge in [-0.15, -0.1) is 0 Å². The van der Waals surface area contributed by atoms with Crippen LogP contribution in [-0.2, 0) is 49.4 Å². The molecule has 0 saturated heterocycles. The van der Waals surface area contributed by atoms with Crippen molar-refractivity contribution in [2.45, 2.75) is 49.4 Å². The third kappa shape index (κ3) is 16.7. The quantitative estimate of drug-likeness (QED) is 0.0961.